The van der Waals surface area contributed by atoms with Crippen molar-refractivity contribution < 1.29 is 9.90 Å². The molecule has 2 unspecified atom stereocenters. The van der Waals surface area contributed by atoms with Gasteiger partial charge in [0.2, 0.25) is 0 Å². The molecule has 5 heteroatoms. The van der Waals surface area contributed by atoms with Gasteiger partial charge in [0.1, 0.15) is 6.04 Å². The van der Waals surface area contributed by atoms with Gasteiger partial charge in [-0.2, -0.15) is 0 Å². The first-order valence-corrected chi connectivity index (χ1v) is 6.33. The Morgan fingerprint density at radius 2 is 2.33 bits per heavy atom. The predicted octanol–water partition coefficient (Wildman–Crippen LogP) is 1.84. The van der Waals surface area contributed by atoms with E-state index >= 15 is 0 Å². The average Bonchev–Trinajstić information content (AvgIpc) is 2.74. The maximum Gasteiger partial charge on any atom is 0.325 e. The van der Waals surface area contributed by atoms with E-state index in [2.05, 4.69) is 11.9 Å². The lowest BCUT2D eigenvalue weighted by molar-refractivity contribution is -0.138. The molecule has 0 amide bonds. The van der Waals surface area contributed by atoms with Gasteiger partial charge in [-0.3, -0.25) is 4.79 Å². The first kappa shape index (κ1) is 13.3. The van der Waals surface area contributed by atoms with Crippen LogP contribution in [0.1, 0.15) is 29.5 Å². The van der Waals surface area contributed by atoms with Crippen LogP contribution in [0.4, 0.5) is 0 Å². The molecule has 1 saturated heterocycles. The SMILES string of the molecule is CN1CCC(c2ccc(C(N)C(=O)O)cc2Cl)C1. The first-order chi connectivity index (χ1) is 8.49. The second kappa shape index (κ2) is 5.26. The monoisotopic (exact) mass is 268 g/mol. The van der Waals surface area contributed by atoms with Crippen LogP contribution in [0, 0.1) is 0 Å². The molecule has 1 aromatic carbocycles. The summed E-state index contributed by atoms with van der Waals surface area (Å²) in [5, 5.41) is 9.48. The molecule has 0 aromatic heterocycles. The highest BCUT2D eigenvalue weighted by molar-refractivity contribution is 6.31. The van der Waals surface area contributed by atoms with E-state index in [4.69, 9.17) is 22.4 Å². The van der Waals surface area contributed by atoms with Gasteiger partial charge in [-0.1, -0.05) is 23.7 Å². The molecule has 0 bridgehead atoms. The Morgan fingerprint density at radius 3 is 2.83 bits per heavy atom. The second-order valence-electron chi connectivity index (χ2n) is 4.84. The van der Waals surface area contributed by atoms with E-state index in [1.165, 1.54) is 0 Å². The van der Waals surface area contributed by atoms with Gasteiger partial charge in [-0.05, 0) is 43.1 Å². The number of hydrogen-bond acceptors (Lipinski definition) is 3. The van der Waals surface area contributed by atoms with Gasteiger partial charge in [0, 0.05) is 11.6 Å². The quantitative estimate of drug-likeness (QED) is 0.878. The number of nitrogens with two attached hydrogens (primary N) is 1. The number of aliphatic carboxylic acids is 1. The van der Waals surface area contributed by atoms with Crippen LogP contribution in [0.3, 0.4) is 0 Å². The maximum atomic E-state index is 10.8. The Labute approximate surface area is 111 Å². The molecular weight excluding hydrogens is 252 g/mol. The van der Waals surface area contributed by atoms with Crippen molar-refractivity contribution in [2.75, 3.05) is 20.1 Å². The van der Waals surface area contributed by atoms with Crippen molar-refractivity contribution in [1.82, 2.24) is 4.90 Å². The Kier molecular flexibility index (Phi) is 3.90. The molecule has 1 fully saturated rings. The van der Waals surface area contributed by atoms with Crippen molar-refractivity contribution >= 4 is 17.6 Å². The van der Waals surface area contributed by atoms with Crippen molar-refractivity contribution in [1.29, 1.82) is 0 Å². The lowest BCUT2D eigenvalue weighted by Crippen LogP contribution is -2.20. The standard InChI is InChI=1S/C13H17ClN2O2/c1-16-5-4-9(7-16)10-3-2-8(6-11(10)14)12(15)13(17)18/h2-3,6,9,12H,4-5,7,15H2,1H3,(H,17,18). The third kappa shape index (κ3) is 2.66. The fourth-order valence-electron chi connectivity index (χ4n) is 2.40. The van der Waals surface area contributed by atoms with Crippen molar-refractivity contribution in [3.8, 4) is 0 Å². The molecule has 1 aliphatic rings. The summed E-state index contributed by atoms with van der Waals surface area (Å²) in [5.74, 6) is -0.614. The largest absolute Gasteiger partial charge is 0.480 e. The van der Waals surface area contributed by atoms with Gasteiger partial charge in [0.05, 0.1) is 0 Å². The Balaban J connectivity index is 2.22. The van der Waals surface area contributed by atoms with Crippen LogP contribution >= 0.6 is 11.6 Å². The zero-order valence-corrected chi connectivity index (χ0v) is 11.0. The minimum absolute atomic E-state index is 0.428. The number of halogens is 1. The van der Waals surface area contributed by atoms with E-state index in [0.29, 0.717) is 16.5 Å². The molecule has 0 aliphatic carbocycles. The lowest BCUT2D eigenvalue weighted by atomic mass is 9.96. The highest BCUT2D eigenvalue weighted by Crippen LogP contribution is 2.32. The summed E-state index contributed by atoms with van der Waals surface area (Å²) < 4.78 is 0. The highest BCUT2D eigenvalue weighted by atomic mass is 35.5. The van der Waals surface area contributed by atoms with Crippen molar-refractivity contribution in [2.24, 2.45) is 5.73 Å². The highest BCUT2D eigenvalue weighted by Gasteiger charge is 2.24. The van der Waals surface area contributed by atoms with Crippen molar-refractivity contribution in [3.63, 3.8) is 0 Å². The van der Waals surface area contributed by atoms with Crippen LogP contribution in [-0.4, -0.2) is 36.1 Å². The second-order valence-corrected chi connectivity index (χ2v) is 5.25. The number of carboxylic acids is 1. The molecule has 98 valence electrons. The molecule has 1 heterocycles. The van der Waals surface area contributed by atoms with Gasteiger partial charge in [0.15, 0.2) is 0 Å². The number of likely N-dealkylation sites (N-methyl/N-ethyl adjacent to an activating group) is 1. The molecule has 0 saturated carbocycles. The van der Waals surface area contributed by atoms with Crippen LogP contribution < -0.4 is 5.73 Å². The zero-order valence-electron chi connectivity index (χ0n) is 10.3. The topological polar surface area (TPSA) is 66.6 Å². The number of benzene rings is 1. The molecule has 4 nitrogen and oxygen atoms in total. The summed E-state index contributed by atoms with van der Waals surface area (Å²) in [5.41, 5.74) is 7.20. The molecule has 3 N–H and O–H groups in total. The number of nitrogens with zero attached hydrogens (tertiary/aromatic N) is 1. The Bertz CT molecular complexity index is 464. The Morgan fingerprint density at radius 1 is 1.61 bits per heavy atom. The van der Waals surface area contributed by atoms with E-state index in [9.17, 15) is 4.79 Å². The van der Waals surface area contributed by atoms with E-state index in [0.717, 1.165) is 25.1 Å². The number of likely N-dealkylation sites (tertiary alicyclic amines) is 1. The number of carboxylic acid groups (broad SMARTS) is 1. The van der Waals surface area contributed by atoms with E-state index in [1.807, 2.05) is 6.07 Å². The Hall–Kier alpha value is -1.10. The zero-order chi connectivity index (χ0) is 13.3. The molecule has 1 aliphatic heterocycles. The minimum atomic E-state index is -1.04. The molecule has 2 rings (SSSR count). The molecule has 1 aromatic rings. The summed E-state index contributed by atoms with van der Waals surface area (Å²) in [6.07, 6.45) is 1.08. The normalized spacial score (nSPS) is 22.1. The van der Waals surface area contributed by atoms with Gasteiger partial charge in [-0.25, -0.2) is 0 Å². The van der Waals surface area contributed by atoms with Crippen LogP contribution in [0.15, 0.2) is 18.2 Å². The van der Waals surface area contributed by atoms with Crippen LogP contribution in [0.5, 0.6) is 0 Å². The van der Waals surface area contributed by atoms with Crippen LogP contribution in [0.2, 0.25) is 5.02 Å². The van der Waals surface area contributed by atoms with Gasteiger partial charge < -0.3 is 15.7 Å². The van der Waals surface area contributed by atoms with Crippen LogP contribution in [-0.2, 0) is 4.79 Å². The summed E-state index contributed by atoms with van der Waals surface area (Å²) in [7, 11) is 2.09. The van der Waals surface area contributed by atoms with Gasteiger partial charge in [-0.15, -0.1) is 0 Å². The minimum Gasteiger partial charge on any atom is -0.480 e. The van der Waals surface area contributed by atoms with Crippen molar-refractivity contribution in [2.45, 2.75) is 18.4 Å². The van der Waals surface area contributed by atoms with Crippen molar-refractivity contribution in [3.05, 3.63) is 34.3 Å². The van der Waals surface area contributed by atoms with Crippen LogP contribution in [0.25, 0.3) is 0 Å². The van der Waals surface area contributed by atoms with E-state index in [-0.39, 0.29) is 0 Å². The average molecular weight is 269 g/mol. The number of rotatable bonds is 3. The van der Waals surface area contributed by atoms with E-state index < -0.39 is 12.0 Å². The third-order valence-corrected chi connectivity index (χ3v) is 3.81. The van der Waals surface area contributed by atoms with E-state index in [1.54, 1.807) is 12.1 Å². The molecule has 2 atom stereocenters. The first-order valence-electron chi connectivity index (χ1n) is 5.95. The summed E-state index contributed by atoms with van der Waals surface area (Å²) in [6, 6.07) is 4.33. The molecular formula is C13H17ClN2O2. The molecule has 0 radical (unpaired) electrons. The summed E-state index contributed by atoms with van der Waals surface area (Å²) >= 11 is 6.24. The van der Waals surface area contributed by atoms with Gasteiger partial charge >= 0.3 is 5.97 Å². The predicted molar refractivity (Wildman–Crippen MR) is 70.9 cm³/mol. The fourth-order valence-corrected chi connectivity index (χ4v) is 2.74. The smallest absolute Gasteiger partial charge is 0.325 e. The van der Waals surface area contributed by atoms with Gasteiger partial charge in [0.25, 0.3) is 0 Å². The lowest BCUT2D eigenvalue weighted by Gasteiger charge is -2.15. The number of hydrogen-bond donors (Lipinski definition) is 2. The third-order valence-electron chi connectivity index (χ3n) is 3.48. The maximum absolute atomic E-state index is 10.8. The molecule has 0 spiro atoms. The number of carbonyl (C=O) groups is 1. The summed E-state index contributed by atoms with van der Waals surface area (Å²) in [4.78, 5) is 13.1. The summed E-state index contributed by atoms with van der Waals surface area (Å²) in [6.45, 7) is 2.06. The molecule has 18 heavy (non-hydrogen) atoms. The fraction of sp³-hybridized carbons (Fsp3) is 0.462.